The van der Waals surface area contributed by atoms with Gasteiger partial charge in [0.05, 0.1) is 4.90 Å². The first kappa shape index (κ1) is 14.1. The summed E-state index contributed by atoms with van der Waals surface area (Å²) in [6, 6.07) is 7.68. The zero-order valence-electron chi connectivity index (χ0n) is 12.2. The van der Waals surface area contributed by atoms with Crippen molar-refractivity contribution in [1.29, 1.82) is 0 Å². The quantitative estimate of drug-likeness (QED) is 0.853. The molecule has 1 heterocycles. The van der Waals surface area contributed by atoms with E-state index in [2.05, 4.69) is 13.8 Å². The van der Waals surface area contributed by atoms with Crippen LogP contribution in [-0.2, 0) is 10.0 Å². The fourth-order valence-corrected chi connectivity index (χ4v) is 4.93. The van der Waals surface area contributed by atoms with E-state index in [1.54, 1.807) is 16.4 Å². The smallest absolute Gasteiger partial charge is 0.207 e. The first-order valence-electron chi connectivity index (χ1n) is 7.62. The Balaban J connectivity index is 1.87. The van der Waals surface area contributed by atoms with Crippen LogP contribution in [0.2, 0.25) is 0 Å². The molecule has 1 aliphatic heterocycles. The molecule has 4 heteroatoms. The van der Waals surface area contributed by atoms with Crippen molar-refractivity contribution in [1.82, 2.24) is 4.31 Å². The van der Waals surface area contributed by atoms with Crippen LogP contribution in [0.25, 0.3) is 0 Å². The Morgan fingerprint density at radius 3 is 2.30 bits per heavy atom. The molecule has 20 heavy (non-hydrogen) atoms. The van der Waals surface area contributed by atoms with Crippen LogP contribution in [0.4, 0.5) is 0 Å². The van der Waals surface area contributed by atoms with Gasteiger partial charge in [-0.05, 0) is 55.2 Å². The molecule has 2 aliphatic rings. The minimum atomic E-state index is -3.30. The van der Waals surface area contributed by atoms with Crippen molar-refractivity contribution < 1.29 is 8.42 Å². The summed E-state index contributed by atoms with van der Waals surface area (Å²) in [5, 5.41) is 0. The standard InChI is InChI=1S/C16H23NO2S/c1-12(2)13-7-9-15(10-8-13)20(18,19)17-11-3-4-16(17)14-5-6-14/h7-10,12,14,16H,3-6,11H2,1-2H3. The largest absolute Gasteiger partial charge is 0.243 e. The van der Waals surface area contributed by atoms with Crippen LogP contribution in [0.5, 0.6) is 0 Å². The van der Waals surface area contributed by atoms with Gasteiger partial charge in [0.2, 0.25) is 10.0 Å². The summed E-state index contributed by atoms with van der Waals surface area (Å²) in [7, 11) is -3.30. The van der Waals surface area contributed by atoms with Gasteiger partial charge in [-0.25, -0.2) is 8.42 Å². The second kappa shape index (κ2) is 5.15. The van der Waals surface area contributed by atoms with E-state index >= 15 is 0 Å². The number of hydrogen-bond donors (Lipinski definition) is 0. The summed E-state index contributed by atoms with van der Waals surface area (Å²) in [6.45, 7) is 4.93. The average Bonchev–Trinajstić information content (AvgIpc) is 3.15. The van der Waals surface area contributed by atoms with Gasteiger partial charge in [0.1, 0.15) is 0 Å². The maximum Gasteiger partial charge on any atom is 0.243 e. The van der Waals surface area contributed by atoms with Crippen molar-refractivity contribution in [3.05, 3.63) is 29.8 Å². The Hall–Kier alpha value is -0.870. The molecule has 0 spiro atoms. The number of hydrogen-bond acceptors (Lipinski definition) is 2. The lowest BCUT2D eigenvalue weighted by atomic mass is 10.0. The topological polar surface area (TPSA) is 37.4 Å². The molecule has 0 aromatic heterocycles. The summed E-state index contributed by atoms with van der Waals surface area (Å²) in [4.78, 5) is 0.453. The molecule has 0 N–H and O–H groups in total. The third-order valence-corrected chi connectivity index (χ3v) is 6.51. The molecule has 0 amide bonds. The summed E-state index contributed by atoms with van der Waals surface area (Å²) in [6.07, 6.45) is 4.43. The van der Waals surface area contributed by atoms with Crippen LogP contribution in [0, 0.1) is 5.92 Å². The van der Waals surface area contributed by atoms with Crippen molar-refractivity contribution in [2.75, 3.05) is 6.54 Å². The maximum atomic E-state index is 12.8. The van der Waals surface area contributed by atoms with Gasteiger partial charge in [0.15, 0.2) is 0 Å². The average molecular weight is 293 g/mol. The normalized spacial score (nSPS) is 24.4. The van der Waals surface area contributed by atoms with Crippen molar-refractivity contribution in [2.45, 2.75) is 56.4 Å². The van der Waals surface area contributed by atoms with Crippen LogP contribution in [0.3, 0.4) is 0 Å². The monoisotopic (exact) mass is 293 g/mol. The Morgan fingerprint density at radius 1 is 1.10 bits per heavy atom. The zero-order chi connectivity index (χ0) is 14.3. The van der Waals surface area contributed by atoms with E-state index in [0.29, 0.717) is 23.3 Å². The van der Waals surface area contributed by atoms with Crippen LogP contribution in [0.15, 0.2) is 29.2 Å². The van der Waals surface area contributed by atoms with Gasteiger partial charge in [-0.1, -0.05) is 26.0 Å². The van der Waals surface area contributed by atoms with E-state index in [9.17, 15) is 8.42 Å². The predicted molar refractivity (Wildman–Crippen MR) is 80.2 cm³/mol. The van der Waals surface area contributed by atoms with Crippen molar-refractivity contribution in [2.24, 2.45) is 5.92 Å². The fourth-order valence-electron chi connectivity index (χ4n) is 3.18. The lowest BCUT2D eigenvalue weighted by molar-refractivity contribution is 0.356. The summed E-state index contributed by atoms with van der Waals surface area (Å²) in [5.74, 6) is 1.04. The van der Waals surface area contributed by atoms with Gasteiger partial charge in [0, 0.05) is 12.6 Å². The van der Waals surface area contributed by atoms with Gasteiger partial charge in [-0.15, -0.1) is 0 Å². The highest BCUT2D eigenvalue weighted by atomic mass is 32.2. The molecule has 3 rings (SSSR count). The van der Waals surface area contributed by atoms with E-state index in [1.807, 2.05) is 12.1 Å². The summed E-state index contributed by atoms with van der Waals surface area (Å²) in [5.41, 5.74) is 1.18. The van der Waals surface area contributed by atoms with Crippen molar-refractivity contribution in [3.8, 4) is 0 Å². The van der Waals surface area contributed by atoms with Gasteiger partial charge in [0.25, 0.3) is 0 Å². The van der Waals surface area contributed by atoms with E-state index in [0.717, 1.165) is 12.8 Å². The Bertz CT molecular complexity index is 573. The molecule has 2 fully saturated rings. The molecule has 0 radical (unpaired) electrons. The van der Waals surface area contributed by atoms with Crippen molar-refractivity contribution >= 4 is 10.0 Å². The van der Waals surface area contributed by atoms with Gasteiger partial charge < -0.3 is 0 Å². The number of rotatable bonds is 4. The highest BCUT2D eigenvalue weighted by Crippen LogP contribution is 2.42. The second-order valence-corrected chi connectivity index (χ2v) is 8.28. The van der Waals surface area contributed by atoms with E-state index in [4.69, 9.17) is 0 Å². The highest BCUT2D eigenvalue weighted by molar-refractivity contribution is 7.89. The van der Waals surface area contributed by atoms with E-state index in [1.165, 1.54) is 18.4 Å². The molecule has 1 aliphatic carbocycles. The predicted octanol–water partition coefficient (Wildman–Crippen LogP) is 3.37. The number of benzene rings is 1. The molecule has 0 bridgehead atoms. The van der Waals surface area contributed by atoms with Crippen molar-refractivity contribution in [3.63, 3.8) is 0 Å². The van der Waals surface area contributed by atoms with Crippen LogP contribution < -0.4 is 0 Å². The third kappa shape index (κ3) is 2.51. The molecule has 3 nitrogen and oxygen atoms in total. The SMILES string of the molecule is CC(C)c1ccc(S(=O)(=O)N2CCCC2C2CC2)cc1. The molecule has 1 aromatic rings. The summed E-state index contributed by atoms with van der Waals surface area (Å²) < 4.78 is 27.3. The van der Waals surface area contributed by atoms with Crippen LogP contribution >= 0.6 is 0 Å². The fraction of sp³-hybridized carbons (Fsp3) is 0.625. The molecule has 110 valence electrons. The zero-order valence-corrected chi connectivity index (χ0v) is 13.1. The maximum absolute atomic E-state index is 12.8. The molecule has 1 atom stereocenters. The summed E-state index contributed by atoms with van der Waals surface area (Å²) >= 11 is 0. The van der Waals surface area contributed by atoms with Gasteiger partial charge in [-0.2, -0.15) is 4.31 Å². The Morgan fingerprint density at radius 2 is 1.75 bits per heavy atom. The molecule has 1 saturated carbocycles. The Labute approximate surface area is 122 Å². The third-order valence-electron chi connectivity index (χ3n) is 4.57. The number of nitrogens with zero attached hydrogens (tertiary/aromatic N) is 1. The second-order valence-electron chi connectivity index (χ2n) is 6.39. The van der Waals surface area contributed by atoms with E-state index in [-0.39, 0.29) is 6.04 Å². The van der Waals surface area contributed by atoms with Crippen LogP contribution in [-0.4, -0.2) is 25.3 Å². The van der Waals surface area contributed by atoms with E-state index < -0.39 is 10.0 Å². The molecular formula is C16H23NO2S. The lowest BCUT2D eigenvalue weighted by Crippen LogP contribution is -2.36. The minimum Gasteiger partial charge on any atom is -0.207 e. The van der Waals surface area contributed by atoms with Gasteiger partial charge in [-0.3, -0.25) is 0 Å². The Kier molecular flexibility index (Phi) is 3.63. The first-order chi connectivity index (χ1) is 9.50. The molecule has 1 unspecified atom stereocenters. The number of sulfonamides is 1. The molecule has 1 aromatic carbocycles. The minimum absolute atomic E-state index is 0.254. The van der Waals surface area contributed by atoms with Crippen LogP contribution in [0.1, 0.15) is 51.0 Å². The first-order valence-corrected chi connectivity index (χ1v) is 9.06. The highest BCUT2D eigenvalue weighted by Gasteiger charge is 2.43. The lowest BCUT2D eigenvalue weighted by Gasteiger charge is -2.24. The molecular weight excluding hydrogens is 270 g/mol. The molecule has 1 saturated heterocycles. The van der Waals surface area contributed by atoms with Gasteiger partial charge >= 0.3 is 0 Å².